The van der Waals surface area contributed by atoms with Gasteiger partial charge in [-0.3, -0.25) is 4.79 Å². The Morgan fingerprint density at radius 2 is 1.43 bits per heavy atom. The van der Waals surface area contributed by atoms with Gasteiger partial charge in [0.25, 0.3) is 0 Å². The van der Waals surface area contributed by atoms with Gasteiger partial charge in [-0.25, -0.2) is 8.42 Å². The molecule has 5 nitrogen and oxygen atoms in total. The lowest BCUT2D eigenvalue weighted by Crippen LogP contribution is -2.38. The van der Waals surface area contributed by atoms with E-state index in [-0.39, 0.29) is 17.7 Å². The van der Waals surface area contributed by atoms with Gasteiger partial charge in [-0.05, 0) is 86.8 Å². The molecule has 196 valence electrons. The van der Waals surface area contributed by atoms with Crippen molar-refractivity contribution in [3.05, 3.63) is 101 Å². The zero-order valence-electron chi connectivity index (χ0n) is 22.1. The Morgan fingerprint density at radius 3 is 2.05 bits per heavy atom. The van der Waals surface area contributed by atoms with Gasteiger partial charge in [-0.15, -0.1) is 0 Å². The SMILES string of the molecule is Cc1ccc(CNC(=O)C2CCC(CN(Cc3ccccc3)S(=O)(=O)c3cc(C)cc(C)c3)CC2)cc1. The summed E-state index contributed by atoms with van der Waals surface area (Å²) >= 11 is 0. The third kappa shape index (κ3) is 7.30. The number of amides is 1. The Hall–Kier alpha value is -2.96. The third-order valence-electron chi connectivity index (χ3n) is 7.30. The van der Waals surface area contributed by atoms with Crippen LogP contribution in [-0.2, 0) is 27.9 Å². The topological polar surface area (TPSA) is 66.5 Å². The highest BCUT2D eigenvalue weighted by molar-refractivity contribution is 7.89. The van der Waals surface area contributed by atoms with Gasteiger partial charge in [0.1, 0.15) is 0 Å². The summed E-state index contributed by atoms with van der Waals surface area (Å²) in [6.45, 7) is 7.25. The van der Waals surface area contributed by atoms with Crippen LogP contribution in [0.3, 0.4) is 0 Å². The van der Waals surface area contributed by atoms with Crippen LogP contribution in [0.25, 0.3) is 0 Å². The Balaban J connectivity index is 1.41. The molecule has 0 atom stereocenters. The Morgan fingerprint density at radius 1 is 0.811 bits per heavy atom. The number of hydrogen-bond donors (Lipinski definition) is 1. The van der Waals surface area contributed by atoms with E-state index in [9.17, 15) is 13.2 Å². The molecule has 1 aliphatic carbocycles. The summed E-state index contributed by atoms with van der Waals surface area (Å²) in [7, 11) is -3.66. The van der Waals surface area contributed by atoms with E-state index in [4.69, 9.17) is 0 Å². The monoisotopic (exact) mass is 518 g/mol. The first-order valence-electron chi connectivity index (χ1n) is 13.2. The summed E-state index contributed by atoms with van der Waals surface area (Å²) in [5.74, 6) is 0.314. The average molecular weight is 519 g/mol. The molecule has 0 aliphatic heterocycles. The number of hydrogen-bond acceptors (Lipinski definition) is 3. The van der Waals surface area contributed by atoms with Gasteiger partial charge in [0, 0.05) is 25.6 Å². The van der Waals surface area contributed by atoms with E-state index in [0.29, 0.717) is 24.5 Å². The average Bonchev–Trinajstić information content (AvgIpc) is 2.88. The number of rotatable bonds is 9. The van der Waals surface area contributed by atoms with Gasteiger partial charge in [0.15, 0.2) is 0 Å². The van der Waals surface area contributed by atoms with Crippen molar-refractivity contribution in [3.63, 3.8) is 0 Å². The third-order valence-corrected chi connectivity index (χ3v) is 9.09. The lowest BCUT2D eigenvalue weighted by atomic mass is 9.81. The Kier molecular flexibility index (Phi) is 8.83. The second kappa shape index (κ2) is 12.1. The zero-order valence-corrected chi connectivity index (χ0v) is 22.9. The van der Waals surface area contributed by atoms with Gasteiger partial charge in [0.2, 0.25) is 15.9 Å². The van der Waals surface area contributed by atoms with Crippen LogP contribution < -0.4 is 5.32 Å². The van der Waals surface area contributed by atoms with Crippen LogP contribution >= 0.6 is 0 Å². The van der Waals surface area contributed by atoms with Crippen molar-refractivity contribution in [3.8, 4) is 0 Å². The number of carbonyl (C=O) groups excluding carboxylic acids is 1. The Labute approximate surface area is 222 Å². The van der Waals surface area contributed by atoms with Crippen LogP contribution in [0.15, 0.2) is 77.7 Å². The summed E-state index contributed by atoms with van der Waals surface area (Å²) in [4.78, 5) is 13.2. The van der Waals surface area contributed by atoms with Crippen molar-refractivity contribution in [1.29, 1.82) is 0 Å². The van der Waals surface area contributed by atoms with Gasteiger partial charge in [-0.1, -0.05) is 66.2 Å². The molecule has 1 amide bonds. The number of sulfonamides is 1. The predicted octanol–water partition coefficient (Wildman–Crippen LogP) is 5.93. The van der Waals surface area contributed by atoms with Crippen molar-refractivity contribution >= 4 is 15.9 Å². The molecule has 0 aromatic heterocycles. The van der Waals surface area contributed by atoms with Crippen molar-refractivity contribution in [2.45, 2.75) is 64.4 Å². The highest BCUT2D eigenvalue weighted by Crippen LogP contribution is 2.32. The Bertz CT molecular complexity index is 1280. The largest absolute Gasteiger partial charge is 0.352 e. The smallest absolute Gasteiger partial charge is 0.243 e. The van der Waals surface area contributed by atoms with E-state index in [2.05, 4.69) is 24.4 Å². The lowest BCUT2D eigenvalue weighted by molar-refractivity contribution is -0.126. The van der Waals surface area contributed by atoms with Crippen molar-refractivity contribution in [1.82, 2.24) is 9.62 Å². The summed E-state index contributed by atoms with van der Waals surface area (Å²) in [5.41, 5.74) is 5.15. The molecule has 1 aliphatic rings. The minimum absolute atomic E-state index is 0.0136. The molecule has 6 heteroatoms. The predicted molar refractivity (Wildman–Crippen MR) is 148 cm³/mol. The van der Waals surface area contributed by atoms with E-state index < -0.39 is 10.0 Å². The van der Waals surface area contributed by atoms with Crippen LogP contribution in [0.4, 0.5) is 0 Å². The molecular formula is C31H38N2O3S. The summed E-state index contributed by atoms with van der Waals surface area (Å²) in [6, 6.07) is 23.5. The molecule has 4 rings (SSSR count). The van der Waals surface area contributed by atoms with Crippen LogP contribution in [0.5, 0.6) is 0 Å². The van der Waals surface area contributed by atoms with E-state index in [1.165, 1.54) is 5.56 Å². The van der Waals surface area contributed by atoms with Gasteiger partial charge < -0.3 is 5.32 Å². The fraction of sp³-hybridized carbons (Fsp3) is 0.387. The first-order valence-corrected chi connectivity index (χ1v) is 14.6. The molecule has 1 saturated carbocycles. The molecular weight excluding hydrogens is 480 g/mol. The zero-order chi connectivity index (χ0) is 26.4. The quantitative estimate of drug-likeness (QED) is 0.382. The lowest BCUT2D eigenvalue weighted by Gasteiger charge is -2.32. The highest BCUT2D eigenvalue weighted by atomic mass is 32.2. The van der Waals surface area contributed by atoms with Gasteiger partial charge >= 0.3 is 0 Å². The molecule has 0 saturated heterocycles. The number of aryl methyl sites for hydroxylation is 3. The molecule has 0 heterocycles. The molecule has 0 radical (unpaired) electrons. The maximum absolute atomic E-state index is 13.8. The second-order valence-corrected chi connectivity index (χ2v) is 12.5. The second-order valence-electron chi connectivity index (χ2n) is 10.5. The molecule has 37 heavy (non-hydrogen) atoms. The first-order chi connectivity index (χ1) is 17.7. The van der Waals surface area contributed by atoms with E-state index in [0.717, 1.165) is 47.9 Å². The molecule has 3 aromatic carbocycles. The maximum atomic E-state index is 13.8. The fourth-order valence-electron chi connectivity index (χ4n) is 5.20. The molecule has 3 aromatic rings. The normalized spacial score (nSPS) is 18.1. The molecule has 0 bridgehead atoms. The summed E-state index contributed by atoms with van der Waals surface area (Å²) in [5, 5.41) is 3.09. The number of nitrogens with one attached hydrogen (secondary N) is 1. The molecule has 0 unspecified atom stereocenters. The summed E-state index contributed by atoms with van der Waals surface area (Å²) in [6.07, 6.45) is 3.26. The first kappa shape index (κ1) is 27.1. The fourth-order valence-corrected chi connectivity index (χ4v) is 6.89. The van der Waals surface area contributed by atoms with Crippen molar-refractivity contribution in [2.75, 3.05) is 6.54 Å². The minimum atomic E-state index is -3.66. The van der Waals surface area contributed by atoms with Gasteiger partial charge in [0.05, 0.1) is 4.90 Å². The van der Waals surface area contributed by atoms with Crippen LogP contribution in [-0.4, -0.2) is 25.2 Å². The van der Waals surface area contributed by atoms with Crippen molar-refractivity contribution < 1.29 is 13.2 Å². The van der Waals surface area contributed by atoms with Gasteiger partial charge in [-0.2, -0.15) is 4.31 Å². The minimum Gasteiger partial charge on any atom is -0.352 e. The molecule has 0 spiro atoms. The molecule has 1 fully saturated rings. The number of nitrogens with zero attached hydrogens (tertiary/aromatic N) is 1. The van der Waals surface area contributed by atoms with E-state index in [1.54, 1.807) is 16.4 Å². The molecule has 1 N–H and O–H groups in total. The number of carbonyl (C=O) groups is 1. The highest BCUT2D eigenvalue weighted by Gasteiger charge is 2.32. The van der Waals surface area contributed by atoms with Crippen LogP contribution in [0, 0.1) is 32.6 Å². The van der Waals surface area contributed by atoms with Crippen molar-refractivity contribution in [2.24, 2.45) is 11.8 Å². The standard InChI is InChI=1S/C31H38N2O3S/c1-23-9-11-26(12-10-23)20-32-31(34)29-15-13-28(14-16-29)22-33(21-27-7-5-4-6-8-27)37(35,36)30-18-24(2)17-25(3)19-30/h4-12,17-19,28-29H,13-16,20-22H2,1-3H3,(H,32,34). The maximum Gasteiger partial charge on any atom is 0.243 e. The van der Waals surface area contributed by atoms with Crippen LogP contribution in [0.2, 0.25) is 0 Å². The van der Waals surface area contributed by atoms with E-state index >= 15 is 0 Å². The summed E-state index contributed by atoms with van der Waals surface area (Å²) < 4.78 is 29.2. The number of benzene rings is 3. The van der Waals surface area contributed by atoms with Crippen LogP contribution in [0.1, 0.15) is 53.5 Å². The van der Waals surface area contributed by atoms with E-state index in [1.807, 2.05) is 62.4 Å².